The van der Waals surface area contributed by atoms with Gasteiger partial charge in [-0.05, 0) is 11.5 Å². The Morgan fingerprint density at radius 2 is 1.94 bits per heavy atom. The maximum Gasteiger partial charge on any atom is 2.00 e. The molecule has 0 aliphatic carbocycles. The van der Waals surface area contributed by atoms with Gasteiger partial charge in [-0.1, -0.05) is 30.3 Å². The van der Waals surface area contributed by atoms with E-state index in [0.717, 1.165) is 0 Å². The van der Waals surface area contributed by atoms with Crippen molar-refractivity contribution in [3.8, 4) is 0 Å². The van der Waals surface area contributed by atoms with Gasteiger partial charge in [-0.2, -0.15) is 0 Å². The van der Waals surface area contributed by atoms with Crippen LogP contribution in [0.5, 0.6) is 0 Å². The summed E-state index contributed by atoms with van der Waals surface area (Å²) in [7, 11) is 0. The molecular weight excluding hydrogens is 438 g/mol. The molecule has 2 unspecified atom stereocenters. The minimum Gasteiger partial charge on any atom is -0.541 e. The van der Waals surface area contributed by atoms with Crippen LogP contribution >= 0.6 is 0 Å². The second kappa shape index (κ2) is 9.53. The molecule has 17 heavy (non-hydrogen) atoms. The summed E-state index contributed by atoms with van der Waals surface area (Å²) in [5.41, 5.74) is 1.17. The van der Waals surface area contributed by atoms with Crippen LogP contribution in [0.25, 0.3) is 0 Å². The van der Waals surface area contributed by atoms with E-state index in [1.54, 1.807) is 0 Å². The molecule has 2 nitrogen and oxygen atoms in total. The van der Waals surface area contributed by atoms with Crippen LogP contribution in [0.2, 0.25) is 0 Å². The van der Waals surface area contributed by atoms with Crippen LogP contribution in [0.3, 0.4) is 0 Å². The summed E-state index contributed by atoms with van der Waals surface area (Å²) in [6, 6.07) is 10.00. The van der Waals surface area contributed by atoms with Crippen molar-refractivity contribution >= 4 is 6.29 Å². The molecule has 1 aliphatic rings. The van der Waals surface area contributed by atoms with E-state index in [1.165, 1.54) is 11.6 Å². The van der Waals surface area contributed by atoms with Gasteiger partial charge in [0.05, 0.1) is 6.61 Å². The first kappa shape index (κ1) is 16.5. The van der Waals surface area contributed by atoms with Crippen molar-refractivity contribution in [1.29, 1.82) is 0 Å². The van der Waals surface area contributed by atoms with E-state index in [2.05, 4.69) is 13.5 Å². The molecule has 0 bridgehead atoms. The first-order valence-electron chi connectivity index (χ1n) is 5.24. The molecule has 1 heterocycles. The fourth-order valence-electron chi connectivity index (χ4n) is 1.70. The molecule has 1 aliphatic heterocycles. The SMILES string of the molecule is C=C[CH2-].O=[C-]C1COCC1c1ccccc1.[U+2]. The fourth-order valence-corrected chi connectivity index (χ4v) is 1.70. The van der Waals surface area contributed by atoms with Crippen LogP contribution in [-0.4, -0.2) is 19.5 Å². The van der Waals surface area contributed by atoms with E-state index in [9.17, 15) is 4.79 Å². The Labute approximate surface area is 127 Å². The Morgan fingerprint density at radius 3 is 2.47 bits per heavy atom. The zero-order valence-corrected chi connectivity index (χ0v) is 13.9. The van der Waals surface area contributed by atoms with E-state index in [0.29, 0.717) is 13.2 Å². The zero-order valence-electron chi connectivity index (χ0n) is 9.76. The summed E-state index contributed by atoms with van der Waals surface area (Å²) >= 11 is 0. The molecule has 0 saturated carbocycles. The number of carbonyl (C=O) groups excluding carboxylic acids is 1. The van der Waals surface area contributed by atoms with Crippen molar-refractivity contribution in [2.24, 2.45) is 5.92 Å². The molecule has 88 valence electrons. The molecule has 0 radical (unpaired) electrons. The Balaban J connectivity index is 0.000000583. The third-order valence-corrected chi connectivity index (χ3v) is 2.46. The van der Waals surface area contributed by atoms with Crippen molar-refractivity contribution in [3.05, 3.63) is 55.5 Å². The third kappa shape index (κ3) is 5.12. The van der Waals surface area contributed by atoms with Gasteiger partial charge in [0.15, 0.2) is 0 Å². The number of allylic oxidation sites excluding steroid dienone is 1. The van der Waals surface area contributed by atoms with Gasteiger partial charge in [0.25, 0.3) is 0 Å². The largest absolute Gasteiger partial charge is 2.00 e. The van der Waals surface area contributed by atoms with Crippen molar-refractivity contribution in [1.82, 2.24) is 0 Å². The van der Waals surface area contributed by atoms with E-state index in [1.807, 2.05) is 36.6 Å². The van der Waals surface area contributed by atoms with Crippen LogP contribution in [-0.2, 0) is 9.53 Å². The Bertz CT molecular complexity index is 324. The Hall–Kier alpha value is -0.488. The monoisotopic (exact) mass is 454 g/mol. The van der Waals surface area contributed by atoms with Crippen molar-refractivity contribution in [2.75, 3.05) is 13.2 Å². The van der Waals surface area contributed by atoms with Gasteiger partial charge in [-0.3, -0.25) is 6.29 Å². The Morgan fingerprint density at radius 1 is 1.35 bits per heavy atom. The third-order valence-electron chi connectivity index (χ3n) is 2.46. The van der Waals surface area contributed by atoms with E-state index < -0.39 is 0 Å². The molecule has 0 spiro atoms. The summed E-state index contributed by atoms with van der Waals surface area (Å²) in [4.78, 5) is 10.6. The second-order valence-electron chi connectivity index (χ2n) is 3.57. The minimum atomic E-state index is -0.0811. The quantitative estimate of drug-likeness (QED) is 0.643. The molecule has 2 atom stereocenters. The standard InChI is InChI=1S/C11H11O2.C3H5.U/c12-6-10-7-13-8-11(10)9-4-2-1-3-5-9;1-3-2;/h1-5,10-11H,7-8H2;3H,1-2H2;/q2*-1;+2. The molecule has 0 aromatic heterocycles. The maximum absolute atomic E-state index is 10.6. The average molecular weight is 454 g/mol. The summed E-state index contributed by atoms with van der Waals surface area (Å²) in [5, 5.41) is 0. The number of ether oxygens (including phenoxy) is 1. The van der Waals surface area contributed by atoms with Gasteiger partial charge in [-0.25, -0.2) is 19.6 Å². The smallest absolute Gasteiger partial charge is 0.541 e. The van der Waals surface area contributed by atoms with E-state index >= 15 is 0 Å². The van der Waals surface area contributed by atoms with Crippen LogP contribution in [0.15, 0.2) is 43.0 Å². The summed E-state index contributed by atoms with van der Waals surface area (Å²) in [6.07, 6.45) is 3.54. The molecule has 1 aromatic rings. The molecule has 1 fully saturated rings. The van der Waals surface area contributed by atoms with Gasteiger partial charge in [0, 0.05) is 6.61 Å². The number of hydrogen-bond donors (Lipinski definition) is 0. The molecule has 1 aromatic carbocycles. The topological polar surface area (TPSA) is 26.3 Å². The van der Waals surface area contributed by atoms with Crippen molar-refractivity contribution in [3.63, 3.8) is 0 Å². The predicted molar refractivity (Wildman–Crippen MR) is 64.7 cm³/mol. The zero-order chi connectivity index (χ0) is 11.8. The van der Waals surface area contributed by atoms with Crippen molar-refractivity contribution in [2.45, 2.75) is 5.92 Å². The van der Waals surface area contributed by atoms with Gasteiger partial charge in [0.2, 0.25) is 0 Å². The van der Waals surface area contributed by atoms with E-state index in [4.69, 9.17) is 4.74 Å². The van der Waals surface area contributed by atoms with Crippen LogP contribution in [0.1, 0.15) is 11.5 Å². The van der Waals surface area contributed by atoms with Crippen molar-refractivity contribution < 1.29 is 40.6 Å². The second-order valence-corrected chi connectivity index (χ2v) is 3.57. The van der Waals surface area contributed by atoms with E-state index in [-0.39, 0.29) is 42.9 Å². The molecule has 0 amide bonds. The van der Waals surface area contributed by atoms with Gasteiger partial charge in [0.1, 0.15) is 0 Å². The van der Waals surface area contributed by atoms with Crippen LogP contribution < -0.4 is 0 Å². The van der Waals surface area contributed by atoms with Gasteiger partial charge >= 0.3 is 31.1 Å². The molecule has 2 rings (SSSR count). The van der Waals surface area contributed by atoms with Gasteiger partial charge in [-0.15, -0.1) is 5.92 Å². The molecule has 0 N–H and O–H groups in total. The van der Waals surface area contributed by atoms with Crippen LogP contribution in [0.4, 0.5) is 0 Å². The number of rotatable bonds is 2. The fraction of sp³-hybridized carbons (Fsp3) is 0.286. The number of hydrogen-bond acceptors (Lipinski definition) is 2. The maximum atomic E-state index is 10.6. The van der Waals surface area contributed by atoms with Crippen LogP contribution in [0, 0.1) is 44.0 Å². The predicted octanol–water partition coefficient (Wildman–Crippen LogP) is 2.53. The molecule has 3 heteroatoms. The summed E-state index contributed by atoms with van der Waals surface area (Å²) in [6.45, 7) is 7.66. The number of benzene rings is 1. The molecule has 1 saturated heterocycles. The minimum absolute atomic E-state index is 0. The normalized spacial score (nSPS) is 21.6. The van der Waals surface area contributed by atoms with Gasteiger partial charge < -0.3 is 9.53 Å². The Kier molecular flexibility index (Phi) is 9.26. The summed E-state index contributed by atoms with van der Waals surface area (Å²) < 4.78 is 5.25. The summed E-state index contributed by atoms with van der Waals surface area (Å²) in [5.74, 6) is 0.126. The molecular formula is C14H16O2U. The average Bonchev–Trinajstić information content (AvgIpc) is 2.79. The first-order chi connectivity index (χ1) is 7.83. The first-order valence-corrected chi connectivity index (χ1v) is 5.24.